The van der Waals surface area contributed by atoms with Gasteiger partial charge in [-0.2, -0.15) is 0 Å². The number of amides is 1. The number of aryl methyl sites for hydroxylation is 1. The molecule has 2 heterocycles. The Kier molecular flexibility index (Phi) is 7.24. The largest absolute Gasteiger partial charge is 0.462 e. The van der Waals surface area contributed by atoms with Gasteiger partial charge >= 0.3 is 5.97 Å². The highest BCUT2D eigenvalue weighted by Gasteiger charge is 2.16. The van der Waals surface area contributed by atoms with Crippen LogP contribution in [0.3, 0.4) is 0 Å². The lowest BCUT2D eigenvalue weighted by atomic mass is 10.2. The summed E-state index contributed by atoms with van der Waals surface area (Å²) in [6.07, 6.45) is 1.72. The van der Waals surface area contributed by atoms with Gasteiger partial charge in [-0.1, -0.05) is 11.8 Å². The average molecular weight is 442 g/mol. The molecule has 162 valence electrons. The first-order chi connectivity index (χ1) is 14.9. The highest BCUT2D eigenvalue weighted by Crippen LogP contribution is 2.21. The third-order valence-corrected chi connectivity index (χ3v) is 5.47. The number of hydrogen-bond acceptors (Lipinski definition) is 7. The number of thioether (sulfide) groups is 1. The van der Waals surface area contributed by atoms with Crippen molar-refractivity contribution in [2.24, 2.45) is 7.05 Å². The van der Waals surface area contributed by atoms with E-state index in [1.54, 1.807) is 65.7 Å². The molecule has 0 saturated carbocycles. The van der Waals surface area contributed by atoms with Gasteiger partial charge in [-0.15, -0.1) is 10.2 Å². The summed E-state index contributed by atoms with van der Waals surface area (Å²) in [5.41, 5.74) is 1.31. The van der Waals surface area contributed by atoms with E-state index in [0.717, 1.165) is 0 Å². The van der Waals surface area contributed by atoms with Crippen molar-refractivity contribution in [1.82, 2.24) is 19.3 Å². The fourth-order valence-corrected chi connectivity index (χ4v) is 3.57. The molecule has 1 N–H and O–H groups in total. The number of hydrogen-bond donors (Lipinski definition) is 1. The second-order valence-corrected chi connectivity index (χ2v) is 7.46. The van der Waals surface area contributed by atoms with Crippen LogP contribution in [0.15, 0.2) is 52.5 Å². The summed E-state index contributed by atoms with van der Waals surface area (Å²) >= 11 is 1.21. The molecule has 0 aliphatic rings. The van der Waals surface area contributed by atoms with E-state index in [9.17, 15) is 14.4 Å². The first-order valence-electron chi connectivity index (χ1n) is 9.73. The third kappa shape index (κ3) is 5.21. The van der Waals surface area contributed by atoms with Gasteiger partial charge in [0.05, 0.1) is 23.5 Å². The fourth-order valence-electron chi connectivity index (χ4n) is 2.86. The zero-order chi connectivity index (χ0) is 22.4. The SMILES string of the molecule is CCOC(=O)c1ccc(NC(=O)CSc2nnc(-c3cccn(CC)c3=O)n2C)cc1. The maximum atomic E-state index is 12.5. The molecule has 0 aliphatic carbocycles. The predicted octanol–water partition coefficient (Wildman–Crippen LogP) is 2.57. The molecule has 0 fully saturated rings. The maximum Gasteiger partial charge on any atom is 0.338 e. The van der Waals surface area contributed by atoms with Gasteiger partial charge in [0.15, 0.2) is 11.0 Å². The Morgan fingerprint density at radius 1 is 1.13 bits per heavy atom. The van der Waals surface area contributed by atoms with Crippen LogP contribution in [0.5, 0.6) is 0 Å². The van der Waals surface area contributed by atoms with Crippen molar-refractivity contribution in [3.8, 4) is 11.4 Å². The molecule has 0 aliphatic heterocycles. The Hall–Kier alpha value is -3.40. The molecule has 1 amide bonds. The van der Waals surface area contributed by atoms with Gasteiger partial charge in [0.1, 0.15) is 0 Å². The molecule has 3 aromatic rings. The van der Waals surface area contributed by atoms with Crippen LogP contribution in [0, 0.1) is 0 Å². The van der Waals surface area contributed by atoms with Gasteiger partial charge in [-0.25, -0.2) is 4.79 Å². The zero-order valence-corrected chi connectivity index (χ0v) is 18.3. The maximum absolute atomic E-state index is 12.5. The molecule has 9 nitrogen and oxygen atoms in total. The van der Waals surface area contributed by atoms with Gasteiger partial charge in [-0.05, 0) is 50.2 Å². The number of ether oxygens (including phenoxy) is 1. The van der Waals surface area contributed by atoms with E-state index >= 15 is 0 Å². The number of esters is 1. The Balaban J connectivity index is 1.63. The van der Waals surface area contributed by atoms with Crippen LogP contribution in [0.1, 0.15) is 24.2 Å². The van der Waals surface area contributed by atoms with Crippen LogP contribution >= 0.6 is 11.8 Å². The molecule has 0 radical (unpaired) electrons. The number of rotatable bonds is 8. The average Bonchev–Trinajstić information content (AvgIpc) is 3.13. The molecular formula is C21H23N5O4S. The number of carbonyl (C=O) groups is 2. The van der Waals surface area contributed by atoms with Crippen LogP contribution in [0.25, 0.3) is 11.4 Å². The smallest absolute Gasteiger partial charge is 0.338 e. The van der Waals surface area contributed by atoms with Gasteiger partial charge in [-0.3, -0.25) is 9.59 Å². The quantitative estimate of drug-likeness (QED) is 0.423. The third-order valence-electron chi connectivity index (χ3n) is 4.45. The van der Waals surface area contributed by atoms with Crippen LogP contribution in [-0.4, -0.2) is 43.6 Å². The Labute approximate surface area is 183 Å². The summed E-state index contributed by atoms with van der Waals surface area (Å²) in [7, 11) is 1.76. The van der Waals surface area contributed by atoms with Crippen LogP contribution < -0.4 is 10.9 Å². The van der Waals surface area contributed by atoms with Crippen molar-refractivity contribution in [3.05, 3.63) is 58.5 Å². The molecule has 0 saturated heterocycles. The van der Waals surface area contributed by atoms with Crippen molar-refractivity contribution in [1.29, 1.82) is 0 Å². The van der Waals surface area contributed by atoms with E-state index < -0.39 is 5.97 Å². The van der Waals surface area contributed by atoms with E-state index in [1.165, 1.54) is 11.8 Å². The normalized spacial score (nSPS) is 10.7. The molecule has 10 heteroatoms. The monoisotopic (exact) mass is 441 g/mol. The lowest BCUT2D eigenvalue weighted by Gasteiger charge is -2.07. The molecule has 31 heavy (non-hydrogen) atoms. The summed E-state index contributed by atoms with van der Waals surface area (Å²) in [5.74, 6) is -0.0746. The van der Waals surface area contributed by atoms with Gasteiger partial charge in [0, 0.05) is 25.5 Å². The van der Waals surface area contributed by atoms with E-state index in [2.05, 4.69) is 15.5 Å². The molecule has 3 rings (SSSR count). The molecule has 0 spiro atoms. The number of nitrogens with one attached hydrogen (secondary N) is 1. The molecule has 0 atom stereocenters. The van der Waals surface area contributed by atoms with Gasteiger partial charge in [0.25, 0.3) is 5.56 Å². The minimum Gasteiger partial charge on any atom is -0.462 e. The molecular weight excluding hydrogens is 418 g/mol. The minimum atomic E-state index is -0.405. The summed E-state index contributed by atoms with van der Waals surface area (Å²) in [6.45, 7) is 4.50. The van der Waals surface area contributed by atoms with Crippen LogP contribution in [0.4, 0.5) is 5.69 Å². The lowest BCUT2D eigenvalue weighted by molar-refractivity contribution is -0.113. The number of benzene rings is 1. The second-order valence-electron chi connectivity index (χ2n) is 6.51. The van der Waals surface area contributed by atoms with E-state index in [1.807, 2.05) is 6.92 Å². The first kappa shape index (κ1) is 22.3. The van der Waals surface area contributed by atoms with E-state index in [0.29, 0.717) is 40.9 Å². The highest BCUT2D eigenvalue weighted by molar-refractivity contribution is 7.99. The van der Waals surface area contributed by atoms with Crippen molar-refractivity contribution < 1.29 is 14.3 Å². The van der Waals surface area contributed by atoms with Crippen LogP contribution in [-0.2, 0) is 23.1 Å². The standard InChI is InChI=1S/C21H23N5O4S/c1-4-26-12-6-7-16(19(26)28)18-23-24-21(25(18)3)31-13-17(27)22-15-10-8-14(9-11-15)20(29)30-5-2/h6-12H,4-5,13H2,1-3H3,(H,22,27). The number of carbonyl (C=O) groups excluding carboxylic acids is 2. The van der Waals surface area contributed by atoms with Gasteiger partial charge in [0.2, 0.25) is 5.91 Å². The van der Waals surface area contributed by atoms with Crippen molar-refractivity contribution in [2.75, 3.05) is 17.7 Å². The second kappa shape index (κ2) is 10.1. The van der Waals surface area contributed by atoms with Crippen LogP contribution in [0.2, 0.25) is 0 Å². The highest BCUT2D eigenvalue weighted by atomic mass is 32.2. The first-order valence-corrected chi connectivity index (χ1v) is 10.7. The summed E-state index contributed by atoms with van der Waals surface area (Å²) in [6, 6.07) is 9.98. The minimum absolute atomic E-state index is 0.111. The van der Waals surface area contributed by atoms with E-state index in [4.69, 9.17) is 4.74 Å². The van der Waals surface area contributed by atoms with Crippen molar-refractivity contribution in [2.45, 2.75) is 25.5 Å². The molecule has 0 bridgehead atoms. The van der Waals surface area contributed by atoms with Crippen molar-refractivity contribution >= 4 is 29.3 Å². The fraction of sp³-hybridized carbons (Fsp3) is 0.286. The lowest BCUT2D eigenvalue weighted by Crippen LogP contribution is -2.20. The molecule has 1 aromatic carbocycles. The zero-order valence-electron chi connectivity index (χ0n) is 17.5. The summed E-state index contributed by atoms with van der Waals surface area (Å²) in [4.78, 5) is 36.5. The van der Waals surface area contributed by atoms with Crippen molar-refractivity contribution in [3.63, 3.8) is 0 Å². The Morgan fingerprint density at radius 3 is 2.55 bits per heavy atom. The van der Waals surface area contributed by atoms with E-state index in [-0.39, 0.29) is 17.2 Å². The topological polar surface area (TPSA) is 108 Å². The Bertz CT molecular complexity index is 1140. The molecule has 0 unspecified atom stereocenters. The molecule has 2 aromatic heterocycles. The summed E-state index contributed by atoms with van der Waals surface area (Å²) < 4.78 is 8.23. The predicted molar refractivity (Wildman–Crippen MR) is 118 cm³/mol. The Morgan fingerprint density at radius 2 is 1.87 bits per heavy atom. The number of pyridine rings is 1. The number of nitrogens with zero attached hydrogens (tertiary/aromatic N) is 4. The number of aromatic nitrogens is 4. The van der Waals surface area contributed by atoms with Gasteiger partial charge < -0.3 is 19.2 Å². The number of anilines is 1. The summed E-state index contributed by atoms with van der Waals surface area (Å²) in [5, 5.41) is 11.5.